The third kappa shape index (κ3) is 5.48. The first kappa shape index (κ1) is 17.1. The largest absolute Gasteiger partial charge is 0.406 e. The summed E-state index contributed by atoms with van der Waals surface area (Å²) in [5, 5.41) is 8.69. The van der Waals surface area contributed by atoms with Crippen LogP contribution in [0.15, 0.2) is 24.3 Å². The minimum Gasteiger partial charge on any atom is -0.384 e. The number of halogens is 3. The van der Waals surface area contributed by atoms with Gasteiger partial charge in [-0.3, -0.25) is 4.79 Å². The lowest BCUT2D eigenvalue weighted by Crippen LogP contribution is -2.39. The number of alkyl halides is 3. The summed E-state index contributed by atoms with van der Waals surface area (Å²) < 4.78 is 37.7. The second-order valence-electron chi connectivity index (χ2n) is 4.35. The highest BCUT2D eigenvalue weighted by molar-refractivity contribution is 5.96. The van der Waals surface area contributed by atoms with E-state index in [-0.39, 0.29) is 18.7 Å². The average molecular weight is 299 g/mol. The third-order valence-corrected chi connectivity index (χ3v) is 2.61. The zero-order valence-corrected chi connectivity index (χ0v) is 11.6. The van der Waals surface area contributed by atoms with E-state index in [4.69, 9.17) is 5.11 Å². The van der Waals surface area contributed by atoms with Crippen LogP contribution in [-0.2, 0) is 0 Å². The van der Waals surface area contributed by atoms with E-state index < -0.39 is 18.6 Å². The minimum absolute atomic E-state index is 0.0140. The van der Waals surface area contributed by atoms with E-state index in [2.05, 4.69) is 11.8 Å². The molecular formula is C15H16F3NO2. The number of hydrogen-bond donors (Lipinski definition) is 1. The van der Waals surface area contributed by atoms with Crippen LogP contribution in [0.1, 0.15) is 29.3 Å². The highest BCUT2D eigenvalue weighted by Crippen LogP contribution is 2.19. The molecule has 0 spiro atoms. The molecule has 1 aromatic carbocycles. The number of amides is 1. The highest BCUT2D eigenvalue weighted by atomic mass is 19.4. The second kappa shape index (κ2) is 7.70. The van der Waals surface area contributed by atoms with Crippen molar-refractivity contribution in [1.82, 2.24) is 4.90 Å². The molecule has 0 aliphatic heterocycles. The third-order valence-electron chi connectivity index (χ3n) is 2.61. The van der Waals surface area contributed by atoms with Crippen molar-refractivity contribution in [1.29, 1.82) is 0 Å². The fourth-order valence-corrected chi connectivity index (χ4v) is 1.82. The Bertz CT molecular complexity index is 544. The van der Waals surface area contributed by atoms with Crippen LogP contribution in [0.25, 0.3) is 0 Å². The van der Waals surface area contributed by atoms with Gasteiger partial charge in [-0.15, -0.1) is 0 Å². The Morgan fingerprint density at radius 2 is 2.00 bits per heavy atom. The Balaban J connectivity index is 3.09. The van der Waals surface area contributed by atoms with E-state index in [9.17, 15) is 18.0 Å². The van der Waals surface area contributed by atoms with Crippen LogP contribution in [0.4, 0.5) is 13.2 Å². The van der Waals surface area contributed by atoms with Gasteiger partial charge in [0.05, 0.1) is 5.56 Å². The molecule has 1 N–H and O–H groups in total. The van der Waals surface area contributed by atoms with Crippen molar-refractivity contribution in [2.75, 3.05) is 19.7 Å². The first-order valence-corrected chi connectivity index (χ1v) is 6.43. The maximum Gasteiger partial charge on any atom is 0.406 e. The van der Waals surface area contributed by atoms with Crippen LogP contribution in [-0.4, -0.2) is 41.8 Å². The van der Waals surface area contributed by atoms with Gasteiger partial charge in [-0.25, -0.2) is 0 Å². The predicted octanol–water partition coefficient (Wildman–Crippen LogP) is 2.44. The van der Waals surface area contributed by atoms with Gasteiger partial charge in [0.1, 0.15) is 13.2 Å². The van der Waals surface area contributed by atoms with E-state index in [1.807, 2.05) is 0 Å². The van der Waals surface area contributed by atoms with Gasteiger partial charge in [0, 0.05) is 12.1 Å². The van der Waals surface area contributed by atoms with Crippen LogP contribution in [0, 0.1) is 11.8 Å². The molecule has 0 unspecified atom stereocenters. The molecule has 1 rings (SSSR count). The van der Waals surface area contributed by atoms with Crippen LogP contribution in [0.3, 0.4) is 0 Å². The number of hydrogen-bond acceptors (Lipinski definition) is 2. The first-order chi connectivity index (χ1) is 9.89. The van der Waals surface area contributed by atoms with Crippen LogP contribution in [0.5, 0.6) is 0 Å². The molecule has 0 bridgehead atoms. The number of benzene rings is 1. The van der Waals surface area contributed by atoms with Crippen molar-refractivity contribution in [2.24, 2.45) is 0 Å². The van der Waals surface area contributed by atoms with Gasteiger partial charge in [-0.05, 0) is 18.6 Å². The SMILES string of the molecule is CCCN(CC(F)(F)F)C(=O)c1ccccc1C#CCO. The molecule has 1 aromatic rings. The lowest BCUT2D eigenvalue weighted by molar-refractivity contribution is -0.140. The van der Waals surface area contributed by atoms with Gasteiger partial charge in [-0.2, -0.15) is 13.2 Å². The predicted molar refractivity (Wildman–Crippen MR) is 72.7 cm³/mol. The van der Waals surface area contributed by atoms with Gasteiger partial charge in [0.25, 0.3) is 5.91 Å². The Labute approximate surface area is 121 Å². The minimum atomic E-state index is -4.45. The summed E-state index contributed by atoms with van der Waals surface area (Å²) in [6, 6.07) is 6.16. The van der Waals surface area contributed by atoms with Crippen molar-refractivity contribution in [2.45, 2.75) is 19.5 Å². The van der Waals surface area contributed by atoms with Crippen molar-refractivity contribution in [3.05, 3.63) is 35.4 Å². The Hall–Kier alpha value is -2.00. The Morgan fingerprint density at radius 1 is 1.33 bits per heavy atom. The van der Waals surface area contributed by atoms with Gasteiger partial charge in [-0.1, -0.05) is 30.9 Å². The molecule has 3 nitrogen and oxygen atoms in total. The van der Waals surface area contributed by atoms with Gasteiger partial charge in [0.2, 0.25) is 0 Å². The molecule has 0 heterocycles. The maximum absolute atomic E-state index is 12.6. The Kier molecular flexibility index (Phi) is 6.25. The average Bonchev–Trinajstić information content (AvgIpc) is 2.43. The quantitative estimate of drug-likeness (QED) is 0.868. The normalized spacial score (nSPS) is 10.7. The number of aliphatic hydroxyl groups is 1. The van der Waals surface area contributed by atoms with Gasteiger partial charge in [0.15, 0.2) is 0 Å². The summed E-state index contributed by atoms with van der Waals surface area (Å²) in [6.45, 7) is 0.0411. The molecule has 0 radical (unpaired) electrons. The van der Waals surface area contributed by atoms with E-state index in [1.165, 1.54) is 12.1 Å². The second-order valence-corrected chi connectivity index (χ2v) is 4.35. The molecular weight excluding hydrogens is 283 g/mol. The van der Waals surface area contributed by atoms with Crippen molar-refractivity contribution in [3.8, 4) is 11.8 Å². The van der Waals surface area contributed by atoms with Crippen molar-refractivity contribution in [3.63, 3.8) is 0 Å². The summed E-state index contributed by atoms with van der Waals surface area (Å²) in [7, 11) is 0. The number of aliphatic hydroxyl groups excluding tert-OH is 1. The smallest absolute Gasteiger partial charge is 0.384 e. The van der Waals surface area contributed by atoms with E-state index in [0.29, 0.717) is 12.0 Å². The van der Waals surface area contributed by atoms with Crippen LogP contribution in [0.2, 0.25) is 0 Å². The lowest BCUT2D eigenvalue weighted by atomic mass is 10.1. The summed E-state index contributed by atoms with van der Waals surface area (Å²) in [5.74, 6) is 4.26. The summed E-state index contributed by atoms with van der Waals surface area (Å²) in [4.78, 5) is 13.1. The summed E-state index contributed by atoms with van der Waals surface area (Å²) in [5.41, 5.74) is 0.413. The zero-order chi connectivity index (χ0) is 15.9. The summed E-state index contributed by atoms with van der Waals surface area (Å²) >= 11 is 0. The number of carbonyl (C=O) groups is 1. The topological polar surface area (TPSA) is 40.5 Å². The molecule has 6 heteroatoms. The number of carbonyl (C=O) groups excluding carboxylic acids is 1. The van der Waals surface area contributed by atoms with Gasteiger partial charge < -0.3 is 10.0 Å². The van der Waals surface area contributed by atoms with Crippen molar-refractivity contribution < 1.29 is 23.1 Å². The maximum atomic E-state index is 12.6. The molecule has 0 fully saturated rings. The lowest BCUT2D eigenvalue weighted by Gasteiger charge is -2.24. The molecule has 0 atom stereocenters. The molecule has 21 heavy (non-hydrogen) atoms. The van der Waals surface area contributed by atoms with Gasteiger partial charge >= 0.3 is 6.18 Å². The molecule has 114 valence electrons. The van der Waals surface area contributed by atoms with E-state index >= 15 is 0 Å². The van der Waals surface area contributed by atoms with Crippen molar-refractivity contribution >= 4 is 5.91 Å². The molecule has 0 saturated carbocycles. The van der Waals surface area contributed by atoms with E-state index in [1.54, 1.807) is 19.1 Å². The fraction of sp³-hybridized carbons (Fsp3) is 0.400. The number of rotatable bonds is 4. The monoisotopic (exact) mass is 299 g/mol. The Morgan fingerprint density at radius 3 is 2.57 bits per heavy atom. The highest BCUT2D eigenvalue weighted by Gasteiger charge is 2.33. The molecule has 0 aliphatic rings. The van der Waals surface area contributed by atoms with Crippen LogP contribution < -0.4 is 0 Å². The molecule has 0 aromatic heterocycles. The number of nitrogens with zero attached hydrogens (tertiary/aromatic N) is 1. The first-order valence-electron chi connectivity index (χ1n) is 6.43. The molecule has 1 amide bonds. The standard InChI is InChI=1S/C15H16F3NO2/c1-2-9-19(11-15(16,17)18)14(21)13-8-4-3-6-12(13)7-5-10-20/h3-4,6,8,20H,2,9-11H2,1H3. The zero-order valence-electron chi connectivity index (χ0n) is 11.6. The summed E-state index contributed by atoms with van der Waals surface area (Å²) in [6.07, 6.45) is -4.02. The molecule has 0 aliphatic carbocycles. The van der Waals surface area contributed by atoms with E-state index in [0.717, 1.165) is 4.90 Å². The van der Waals surface area contributed by atoms with Crippen LogP contribution >= 0.6 is 0 Å². The fourth-order valence-electron chi connectivity index (χ4n) is 1.82. The molecule has 0 saturated heterocycles.